The van der Waals surface area contributed by atoms with E-state index >= 15 is 0 Å². The number of benzene rings is 4. The maximum Gasteiger partial charge on any atom is 0.195 e. The van der Waals surface area contributed by atoms with E-state index in [1.807, 2.05) is 72.8 Å². The van der Waals surface area contributed by atoms with E-state index in [4.69, 9.17) is 23.2 Å². The van der Waals surface area contributed by atoms with Crippen LogP contribution in [0.1, 0.15) is 0 Å². The summed E-state index contributed by atoms with van der Waals surface area (Å²) in [5.41, 5.74) is 0.124. The maximum atomic E-state index is 12.2. The summed E-state index contributed by atoms with van der Waals surface area (Å²) in [5.74, 6) is 0. The highest BCUT2D eigenvalue weighted by Gasteiger charge is 2.06. The summed E-state index contributed by atoms with van der Waals surface area (Å²) in [6.45, 7) is 0. The first-order valence-electron chi connectivity index (χ1n) is 9.73. The topological polar surface area (TPSA) is 34.1 Å². The molecule has 0 saturated heterocycles. The molecule has 0 fully saturated rings. The van der Waals surface area contributed by atoms with Crippen LogP contribution in [0.4, 0.5) is 0 Å². The van der Waals surface area contributed by atoms with Crippen molar-refractivity contribution in [3.05, 3.63) is 115 Å². The Morgan fingerprint density at radius 2 is 0.844 bits per heavy atom. The van der Waals surface area contributed by atoms with Gasteiger partial charge >= 0.3 is 0 Å². The van der Waals surface area contributed by atoms with Gasteiger partial charge in [0.15, 0.2) is 10.9 Å². The minimum absolute atomic E-state index is 0.0619. The van der Waals surface area contributed by atoms with E-state index in [2.05, 4.69) is 0 Å². The van der Waals surface area contributed by atoms with E-state index < -0.39 is 0 Å². The second-order valence-corrected chi connectivity index (χ2v) is 10.2. The van der Waals surface area contributed by atoms with Crippen LogP contribution >= 0.6 is 45.9 Å². The number of hydrogen-bond donors (Lipinski definition) is 0. The lowest BCUT2D eigenvalue weighted by molar-refractivity contribution is 1.74. The monoisotopic (exact) mass is 492 g/mol. The quantitative estimate of drug-likeness (QED) is 0.200. The molecule has 2 aromatic heterocycles. The molecule has 2 nitrogen and oxygen atoms in total. The lowest BCUT2D eigenvalue weighted by atomic mass is 10.2. The molecule has 0 radical (unpaired) electrons. The molecular weight excluding hydrogens is 479 g/mol. The highest BCUT2D eigenvalue weighted by Crippen LogP contribution is 2.27. The predicted octanol–water partition coefficient (Wildman–Crippen LogP) is 8.14. The van der Waals surface area contributed by atoms with Gasteiger partial charge in [0.25, 0.3) is 0 Å². The molecule has 0 bridgehead atoms. The van der Waals surface area contributed by atoms with Gasteiger partial charge < -0.3 is 0 Å². The van der Waals surface area contributed by atoms with E-state index in [1.165, 1.54) is 0 Å². The maximum absolute atomic E-state index is 12.2. The molecule has 32 heavy (non-hydrogen) atoms. The molecule has 0 saturated carbocycles. The van der Waals surface area contributed by atoms with E-state index in [0.717, 1.165) is 29.6 Å². The summed E-state index contributed by atoms with van der Waals surface area (Å²) < 4.78 is 3.99. The lowest BCUT2D eigenvalue weighted by Gasteiger charge is -2.00. The Morgan fingerprint density at radius 3 is 1.28 bits per heavy atom. The molecule has 2 heterocycles. The summed E-state index contributed by atoms with van der Waals surface area (Å²) in [7, 11) is 0. The summed E-state index contributed by atoms with van der Waals surface area (Å²) in [4.78, 5) is 24.4. The fraction of sp³-hybridized carbons (Fsp3) is 0. The summed E-state index contributed by atoms with van der Waals surface area (Å²) in [6, 6.07) is 26.2. The average molecular weight is 493 g/mol. The van der Waals surface area contributed by atoms with Crippen molar-refractivity contribution < 1.29 is 0 Å². The summed E-state index contributed by atoms with van der Waals surface area (Å²) >= 11 is 15.0. The molecule has 0 aliphatic rings. The van der Waals surface area contributed by atoms with Crippen molar-refractivity contribution in [1.29, 1.82) is 0 Å². The number of hydrogen-bond acceptors (Lipinski definition) is 4. The van der Waals surface area contributed by atoms with Gasteiger partial charge in [-0.3, -0.25) is 9.59 Å². The van der Waals surface area contributed by atoms with Crippen LogP contribution < -0.4 is 10.9 Å². The molecule has 4 aromatic carbocycles. The Hall–Kier alpha value is -2.76. The van der Waals surface area contributed by atoms with Gasteiger partial charge in [-0.1, -0.05) is 47.5 Å². The van der Waals surface area contributed by atoms with E-state index in [1.54, 1.807) is 34.8 Å². The highest BCUT2D eigenvalue weighted by molar-refractivity contribution is 7.24. The third-order valence-corrected chi connectivity index (χ3v) is 7.85. The molecule has 6 heteroatoms. The zero-order valence-corrected chi connectivity index (χ0v) is 19.6. The zero-order valence-electron chi connectivity index (χ0n) is 16.5. The fourth-order valence-corrected chi connectivity index (χ4v) is 6.00. The molecule has 6 rings (SSSR count). The molecule has 0 aliphatic heterocycles. The molecule has 0 unspecified atom stereocenters. The first-order valence-corrected chi connectivity index (χ1v) is 12.1. The molecular formula is C26H14Cl2O2S2. The van der Waals surface area contributed by atoms with Crippen molar-refractivity contribution in [3.63, 3.8) is 0 Å². The standard InChI is InChI=1S/2C13H7ClOS/c2*14-8-5-6-12-10(7-8)13(15)9-3-1-2-4-11(9)16-12/h2*1-7H. The van der Waals surface area contributed by atoms with Gasteiger partial charge in [-0.2, -0.15) is 0 Å². The summed E-state index contributed by atoms with van der Waals surface area (Å²) in [6.07, 6.45) is 0. The first kappa shape index (κ1) is 21.1. The van der Waals surface area contributed by atoms with Crippen LogP contribution in [0.15, 0.2) is 94.5 Å². The fourth-order valence-electron chi connectivity index (χ4n) is 3.55. The van der Waals surface area contributed by atoms with Gasteiger partial charge in [0.1, 0.15) is 0 Å². The molecule has 6 aromatic rings. The number of rotatable bonds is 0. The van der Waals surface area contributed by atoms with Crippen molar-refractivity contribution in [3.8, 4) is 0 Å². The second-order valence-electron chi connectivity index (χ2n) is 7.14. The minimum atomic E-state index is 0.0619. The Labute approximate surface area is 200 Å². The van der Waals surface area contributed by atoms with Crippen LogP contribution in [-0.2, 0) is 0 Å². The smallest absolute Gasteiger partial charge is 0.195 e. The molecule has 0 spiro atoms. The molecule has 0 aliphatic carbocycles. The molecule has 0 atom stereocenters. The van der Waals surface area contributed by atoms with Gasteiger partial charge in [0.05, 0.1) is 0 Å². The van der Waals surface area contributed by atoms with Crippen LogP contribution in [0.5, 0.6) is 0 Å². The second kappa shape index (κ2) is 8.64. The first-order chi connectivity index (χ1) is 15.5. The number of fused-ring (bicyclic) bond motifs is 4. The minimum Gasteiger partial charge on any atom is -0.289 e. The van der Waals surface area contributed by atoms with Gasteiger partial charge in [0, 0.05) is 50.4 Å². The van der Waals surface area contributed by atoms with Crippen molar-refractivity contribution >= 4 is 86.2 Å². The molecule has 0 N–H and O–H groups in total. The Kier molecular flexibility index (Phi) is 5.70. The Morgan fingerprint density at radius 1 is 0.469 bits per heavy atom. The van der Waals surface area contributed by atoms with Gasteiger partial charge in [-0.05, 0) is 60.7 Å². The molecule has 0 amide bonds. The Bertz CT molecular complexity index is 1620. The van der Waals surface area contributed by atoms with Crippen molar-refractivity contribution in [2.24, 2.45) is 0 Å². The summed E-state index contributed by atoms with van der Waals surface area (Å²) in [5, 5.41) is 4.15. The average Bonchev–Trinajstić information content (AvgIpc) is 2.81. The Balaban J connectivity index is 0.000000135. The van der Waals surface area contributed by atoms with Crippen LogP contribution in [-0.4, -0.2) is 0 Å². The van der Waals surface area contributed by atoms with Crippen molar-refractivity contribution in [1.82, 2.24) is 0 Å². The van der Waals surface area contributed by atoms with E-state index in [9.17, 15) is 9.59 Å². The van der Waals surface area contributed by atoms with Crippen molar-refractivity contribution in [2.75, 3.05) is 0 Å². The van der Waals surface area contributed by atoms with Crippen LogP contribution in [0.2, 0.25) is 10.0 Å². The van der Waals surface area contributed by atoms with E-state index in [0.29, 0.717) is 20.8 Å². The SMILES string of the molecule is O=c1c2ccccc2sc2ccc(Cl)cc12.O=c1c2ccccc2sc2ccc(Cl)cc12. The largest absolute Gasteiger partial charge is 0.289 e. The number of halogens is 2. The third-order valence-electron chi connectivity index (χ3n) is 5.08. The third kappa shape index (κ3) is 3.91. The highest BCUT2D eigenvalue weighted by atomic mass is 35.5. The van der Waals surface area contributed by atoms with Crippen LogP contribution in [0, 0.1) is 0 Å². The van der Waals surface area contributed by atoms with Crippen molar-refractivity contribution in [2.45, 2.75) is 0 Å². The van der Waals surface area contributed by atoms with Crippen LogP contribution in [0.3, 0.4) is 0 Å². The van der Waals surface area contributed by atoms with Gasteiger partial charge in [-0.15, -0.1) is 22.7 Å². The van der Waals surface area contributed by atoms with Gasteiger partial charge in [0.2, 0.25) is 0 Å². The molecule has 156 valence electrons. The van der Waals surface area contributed by atoms with E-state index in [-0.39, 0.29) is 10.9 Å². The van der Waals surface area contributed by atoms with Crippen LogP contribution in [0.25, 0.3) is 40.3 Å². The predicted molar refractivity (Wildman–Crippen MR) is 141 cm³/mol. The zero-order chi connectivity index (χ0) is 22.2. The van der Waals surface area contributed by atoms with Gasteiger partial charge in [-0.25, -0.2) is 0 Å². The lowest BCUT2D eigenvalue weighted by Crippen LogP contribution is -2.00. The normalized spacial score (nSPS) is 11.1.